The van der Waals surface area contributed by atoms with Gasteiger partial charge < -0.3 is 5.32 Å². The van der Waals surface area contributed by atoms with Crippen LogP contribution in [0.1, 0.15) is 29.8 Å². The lowest BCUT2D eigenvalue weighted by Crippen LogP contribution is -2.07. The van der Waals surface area contributed by atoms with Gasteiger partial charge in [-0.2, -0.15) is 0 Å². The second-order valence-electron chi connectivity index (χ2n) is 5.62. The minimum absolute atomic E-state index is 0.0399. The Morgan fingerprint density at radius 3 is 2.83 bits per heavy atom. The summed E-state index contributed by atoms with van der Waals surface area (Å²) in [5, 5.41) is 22.9. The molecule has 1 aromatic heterocycles. The number of carbonyl (C=O) groups is 1. The summed E-state index contributed by atoms with van der Waals surface area (Å²) >= 11 is 2.67. The maximum Gasteiger partial charge on any atom is 0.273 e. The molecule has 0 fully saturated rings. The van der Waals surface area contributed by atoms with E-state index >= 15 is 0 Å². The third-order valence-electron chi connectivity index (χ3n) is 3.12. The predicted molar refractivity (Wildman–Crippen MR) is 96.1 cm³/mol. The van der Waals surface area contributed by atoms with Gasteiger partial charge in [-0.05, 0) is 12.8 Å². The number of hydrogen-bond acceptors (Lipinski definition) is 8. The number of nitro benzene ring substituents is 1. The first-order valence-corrected chi connectivity index (χ1v) is 9.15. The van der Waals surface area contributed by atoms with E-state index in [1.54, 1.807) is 19.1 Å². The lowest BCUT2D eigenvalue weighted by atomic mass is 10.1. The van der Waals surface area contributed by atoms with Crippen molar-refractivity contribution < 1.29 is 9.72 Å². The number of hydrogen-bond donors (Lipinski definition) is 1. The standard InChI is InChI=1S/C15H18N4O3S2/c1-9(2)7-16-14-17-18-15(24-14)23-8-13(20)11-5-4-10(3)12(6-11)19(21)22/h4-6,9H,7-8H2,1-3H3,(H,16,17). The molecule has 0 aliphatic carbocycles. The molecule has 1 aromatic carbocycles. The molecule has 0 bridgehead atoms. The van der Waals surface area contributed by atoms with E-state index in [1.165, 1.54) is 29.2 Å². The maximum absolute atomic E-state index is 12.2. The second kappa shape index (κ2) is 8.20. The fourth-order valence-corrected chi connectivity index (χ4v) is 3.47. The molecule has 0 atom stereocenters. The molecule has 9 heteroatoms. The van der Waals surface area contributed by atoms with Crippen molar-refractivity contribution in [1.82, 2.24) is 10.2 Å². The molecule has 1 N–H and O–H groups in total. The Balaban J connectivity index is 1.96. The van der Waals surface area contributed by atoms with E-state index in [0.29, 0.717) is 21.4 Å². The molecule has 0 radical (unpaired) electrons. The van der Waals surface area contributed by atoms with Crippen LogP contribution in [0.3, 0.4) is 0 Å². The van der Waals surface area contributed by atoms with E-state index in [2.05, 4.69) is 29.4 Å². The first-order chi connectivity index (χ1) is 11.4. The van der Waals surface area contributed by atoms with Crippen molar-refractivity contribution in [2.45, 2.75) is 25.1 Å². The van der Waals surface area contributed by atoms with Gasteiger partial charge in [-0.1, -0.05) is 49.1 Å². The Hall–Kier alpha value is -2.00. The smallest absolute Gasteiger partial charge is 0.273 e. The molecule has 0 unspecified atom stereocenters. The molecule has 0 saturated carbocycles. The van der Waals surface area contributed by atoms with Gasteiger partial charge in [0.2, 0.25) is 5.13 Å². The molecular weight excluding hydrogens is 348 g/mol. The number of rotatable bonds is 8. The van der Waals surface area contributed by atoms with E-state index in [1.807, 2.05) is 0 Å². The molecule has 0 amide bonds. The van der Waals surface area contributed by atoms with E-state index < -0.39 is 4.92 Å². The SMILES string of the molecule is Cc1ccc(C(=O)CSc2nnc(NCC(C)C)s2)cc1[N+](=O)[O-]. The monoisotopic (exact) mass is 366 g/mol. The topological polar surface area (TPSA) is 98.0 Å². The van der Waals surface area contributed by atoms with Gasteiger partial charge in [0.25, 0.3) is 5.69 Å². The highest BCUT2D eigenvalue weighted by Crippen LogP contribution is 2.27. The van der Waals surface area contributed by atoms with E-state index in [-0.39, 0.29) is 17.2 Å². The molecule has 0 saturated heterocycles. The molecule has 2 aromatic rings. The van der Waals surface area contributed by atoms with Gasteiger partial charge in [0, 0.05) is 23.7 Å². The zero-order valence-corrected chi connectivity index (χ0v) is 15.2. The highest BCUT2D eigenvalue weighted by molar-refractivity contribution is 8.01. The number of nitrogens with one attached hydrogen (secondary N) is 1. The fraction of sp³-hybridized carbons (Fsp3) is 0.400. The quantitative estimate of drug-likeness (QED) is 0.328. The van der Waals surface area contributed by atoms with Crippen molar-refractivity contribution in [3.8, 4) is 0 Å². The molecule has 2 rings (SSSR count). The summed E-state index contributed by atoms with van der Waals surface area (Å²) < 4.78 is 0.691. The van der Waals surface area contributed by atoms with Gasteiger partial charge in [0.15, 0.2) is 10.1 Å². The van der Waals surface area contributed by atoms with Gasteiger partial charge in [0.1, 0.15) is 0 Å². The van der Waals surface area contributed by atoms with Gasteiger partial charge in [-0.3, -0.25) is 14.9 Å². The van der Waals surface area contributed by atoms with Crippen molar-refractivity contribution in [2.24, 2.45) is 5.92 Å². The summed E-state index contributed by atoms with van der Waals surface area (Å²) in [6, 6.07) is 4.53. The number of anilines is 1. The summed E-state index contributed by atoms with van der Waals surface area (Å²) in [5.41, 5.74) is 0.832. The number of ketones is 1. The molecule has 7 nitrogen and oxygen atoms in total. The second-order valence-corrected chi connectivity index (χ2v) is 7.82. The number of Topliss-reactive ketones (excluding diaryl/α,β-unsaturated/α-hetero) is 1. The third-order valence-corrected chi connectivity index (χ3v) is 5.14. The predicted octanol–water partition coefficient (Wildman–Crippen LogP) is 3.80. The van der Waals surface area contributed by atoms with Gasteiger partial charge in [-0.25, -0.2) is 0 Å². The van der Waals surface area contributed by atoms with Crippen LogP contribution in [0.2, 0.25) is 0 Å². The first kappa shape index (κ1) is 18.3. The molecule has 1 heterocycles. The van der Waals surface area contributed by atoms with Crippen LogP contribution < -0.4 is 5.32 Å². The van der Waals surface area contributed by atoms with Crippen molar-refractivity contribution in [1.29, 1.82) is 0 Å². The minimum atomic E-state index is -0.476. The van der Waals surface area contributed by atoms with Crippen LogP contribution in [0.4, 0.5) is 10.8 Å². The molecule has 0 aliphatic rings. The number of nitrogens with zero attached hydrogens (tertiary/aromatic N) is 3. The average Bonchev–Trinajstić information content (AvgIpc) is 2.98. The molecule has 0 spiro atoms. The van der Waals surface area contributed by atoms with E-state index in [0.717, 1.165) is 11.7 Å². The van der Waals surface area contributed by atoms with Crippen LogP contribution in [0.25, 0.3) is 0 Å². The molecule has 128 valence electrons. The summed E-state index contributed by atoms with van der Waals surface area (Å²) in [4.78, 5) is 22.7. The number of aryl methyl sites for hydroxylation is 1. The third kappa shape index (κ3) is 5.00. The summed E-state index contributed by atoms with van der Waals surface area (Å²) in [6.07, 6.45) is 0. The van der Waals surface area contributed by atoms with Crippen LogP contribution in [0.5, 0.6) is 0 Å². The largest absolute Gasteiger partial charge is 0.360 e. The number of aromatic nitrogens is 2. The van der Waals surface area contributed by atoms with Crippen molar-refractivity contribution >= 4 is 39.7 Å². The zero-order valence-electron chi connectivity index (χ0n) is 13.6. The Morgan fingerprint density at radius 1 is 1.42 bits per heavy atom. The van der Waals surface area contributed by atoms with Crippen molar-refractivity contribution in [3.05, 3.63) is 39.4 Å². The van der Waals surface area contributed by atoms with Crippen molar-refractivity contribution in [2.75, 3.05) is 17.6 Å². The number of thioether (sulfide) groups is 1. The first-order valence-electron chi connectivity index (χ1n) is 7.35. The lowest BCUT2D eigenvalue weighted by molar-refractivity contribution is -0.385. The van der Waals surface area contributed by atoms with Crippen molar-refractivity contribution in [3.63, 3.8) is 0 Å². The number of carbonyl (C=O) groups excluding carboxylic acids is 1. The normalized spacial score (nSPS) is 10.8. The van der Waals surface area contributed by atoms with Crippen LogP contribution in [-0.2, 0) is 0 Å². The zero-order chi connectivity index (χ0) is 17.7. The summed E-state index contributed by atoms with van der Waals surface area (Å²) in [6.45, 7) is 6.66. The van der Waals surface area contributed by atoms with Crippen LogP contribution in [-0.4, -0.2) is 33.2 Å². The highest BCUT2D eigenvalue weighted by Gasteiger charge is 2.16. The average molecular weight is 366 g/mol. The Kier molecular flexibility index (Phi) is 6.27. The van der Waals surface area contributed by atoms with E-state index in [4.69, 9.17) is 0 Å². The maximum atomic E-state index is 12.2. The number of benzene rings is 1. The minimum Gasteiger partial charge on any atom is -0.360 e. The van der Waals surface area contributed by atoms with Crippen LogP contribution in [0.15, 0.2) is 22.5 Å². The lowest BCUT2D eigenvalue weighted by Gasteiger charge is -2.03. The molecular formula is C15H18N4O3S2. The van der Waals surface area contributed by atoms with Gasteiger partial charge >= 0.3 is 0 Å². The Labute approximate surface area is 148 Å². The fourth-order valence-electron chi connectivity index (χ4n) is 1.82. The molecule has 0 aliphatic heterocycles. The summed E-state index contributed by atoms with van der Waals surface area (Å²) in [5.74, 6) is 0.498. The summed E-state index contributed by atoms with van der Waals surface area (Å²) in [7, 11) is 0. The Bertz CT molecular complexity index is 746. The van der Waals surface area contributed by atoms with Crippen LogP contribution in [0, 0.1) is 23.0 Å². The molecule has 24 heavy (non-hydrogen) atoms. The van der Waals surface area contributed by atoms with Crippen LogP contribution >= 0.6 is 23.1 Å². The highest BCUT2D eigenvalue weighted by atomic mass is 32.2. The Morgan fingerprint density at radius 2 is 2.17 bits per heavy atom. The van der Waals surface area contributed by atoms with Gasteiger partial charge in [-0.15, -0.1) is 10.2 Å². The number of nitro groups is 1. The van der Waals surface area contributed by atoms with Gasteiger partial charge in [0.05, 0.1) is 10.7 Å². The van der Waals surface area contributed by atoms with E-state index in [9.17, 15) is 14.9 Å².